The van der Waals surface area contributed by atoms with Gasteiger partial charge in [-0.25, -0.2) is 4.79 Å². The number of nitrogens with two attached hydrogens (primary N) is 1. The van der Waals surface area contributed by atoms with Gasteiger partial charge < -0.3 is 10.5 Å². The number of nitrogen functional groups attached to an aromatic ring is 1. The van der Waals surface area contributed by atoms with Crippen molar-refractivity contribution in [3.05, 3.63) is 28.8 Å². The Balaban J connectivity index is 0.00000169. The minimum Gasteiger partial charge on any atom is -0.462 e. The second-order valence-electron chi connectivity index (χ2n) is 2.46. The van der Waals surface area contributed by atoms with Gasteiger partial charge in [-0.2, -0.15) is 0 Å². The molecule has 2 N–H and O–H groups in total. The van der Waals surface area contributed by atoms with Crippen LogP contribution in [0.25, 0.3) is 0 Å². The van der Waals surface area contributed by atoms with E-state index in [1.54, 1.807) is 19.1 Å². The first-order chi connectivity index (χ1) is 6.15. The highest BCUT2D eigenvalue weighted by atomic mass is 35.5. The third-order valence-electron chi connectivity index (χ3n) is 1.51. The normalized spacial score (nSPS) is 9.00. The van der Waals surface area contributed by atoms with Gasteiger partial charge in [0, 0.05) is 0 Å². The number of ether oxygens (including phenoxy) is 1. The fourth-order valence-electron chi connectivity index (χ4n) is 0.869. The molecule has 0 aliphatic rings. The molecule has 0 spiro atoms. The van der Waals surface area contributed by atoms with Crippen molar-refractivity contribution in [2.24, 2.45) is 0 Å². The van der Waals surface area contributed by atoms with Gasteiger partial charge >= 0.3 is 5.97 Å². The summed E-state index contributed by atoms with van der Waals surface area (Å²) in [5.74, 6) is -0.385. The molecule has 5 heteroatoms. The highest BCUT2D eigenvalue weighted by molar-refractivity contribution is 6.33. The summed E-state index contributed by atoms with van der Waals surface area (Å²) in [6.45, 7) is 2.09. The van der Waals surface area contributed by atoms with E-state index < -0.39 is 0 Å². The van der Waals surface area contributed by atoms with Crippen molar-refractivity contribution in [2.45, 2.75) is 6.92 Å². The van der Waals surface area contributed by atoms with Gasteiger partial charge in [-0.3, -0.25) is 0 Å². The Morgan fingerprint density at radius 1 is 1.57 bits per heavy atom. The van der Waals surface area contributed by atoms with Crippen LogP contribution in [0.4, 0.5) is 5.69 Å². The molecular formula is C9H11Cl2NO2. The summed E-state index contributed by atoms with van der Waals surface area (Å²) in [4.78, 5) is 11.2. The van der Waals surface area contributed by atoms with E-state index in [4.69, 9.17) is 22.1 Å². The van der Waals surface area contributed by atoms with Crippen LogP contribution >= 0.6 is 24.0 Å². The molecule has 0 saturated heterocycles. The highest BCUT2D eigenvalue weighted by Gasteiger charge is 2.07. The Labute approximate surface area is 93.6 Å². The molecule has 0 heterocycles. The molecule has 0 atom stereocenters. The summed E-state index contributed by atoms with van der Waals surface area (Å²) in [6, 6.07) is 4.66. The number of carbonyl (C=O) groups excluding carboxylic acids is 1. The lowest BCUT2D eigenvalue weighted by atomic mass is 10.2. The molecule has 0 aliphatic carbocycles. The number of halogens is 2. The van der Waals surface area contributed by atoms with Crippen LogP contribution in [0, 0.1) is 0 Å². The number of esters is 1. The van der Waals surface area contributed by atoms with E-state index in [9.17, 15) is 4.79 Å². The van der Waals surface area contributed by atoms with Crippen molar-refractivity contribution < 1.29 is 9.53 Å². The van der Waals surface area contributed by atoms with Crippen molar-refractivity contribution >= 4 is 35.7 Å². The molecule has 0 aromatic heterocycles. The van der Waals surface area contributed by atoms with Gasteiger partial charge in [0.05, 0.1) is 22.9 Å². The molecule has 0 saturated carbocycles. The fraction of sp³-hybridized carbons (Fsp3) is 0.222. The van der Waals surface area contributed by atoms with Crippen LogP contribution in [0.5, 0.6) is 0 Å². The van der Waals surface area contributed by atoms with E-state index in [1.165, 1.54) is 6.07 Å². The van der Waals surface area contributed by atoms with Crippen LogP contribution in [-0.4, -0.2) is 12.6 Å². The Morgan fingerprint density at radius 3 is 2.71 bits per heavy atom. The molecule has 0 fully saturated rings. The van der Waals surface area contributed by atoms with Crippen molar-refractivity contribution in [1.29, 1.82) is 0 Å². The van der Waals surface area contributed by atoms with Crippen LogP contribution in [-0.2, 0) is 4.74 Å². The summed E-state index contributed by atoms with van der Waals surface area (Å²) in [5.41, 5.74) is 6.35. The molecule has 0 aliphatic heterocycles. The minimum absolute atomic E-state index is 0. The lowest BCUT2D eigenvalue weighted by Gasteiger charge is -2.03. The van der Waals surface area contributed by atoms with Crippen molar-refractivity contribution in [3.63, 3.8) is 0 Å². The number of anilines is 1. The summed E-state index contributed by atoms with van der Waals surface area (Å²) in [7, 11) is 0. The third-order valence-corrected chi connectivity index (χ3v) is 1.84. The molecule has 1 rings (SSSR count). The quantitative estimate of drug-likeness (QED) is 0.634. The molecule has 14 heavy (non-hydrogen) atoms. The lowest BCUT2D eigenvalue weighted by Crippen LogP contribution is -2.04. The first-order valence-corrected chi connectivity index (χ1v) is 4.25. The number of carbonyl (C=O) groups is 1. The maximum Gasteiger partial charge on any atom is 0.338 e. The molecule has 3 nitrogen and oxygen atoms in total. The first-order valence-electron chi connectivity index (χ1n) is 3.87. The van der Waals surface area contributed by atoms with Crippen LogP contribution in [0.2, 0.25) is 5.02 Å². The molecule has 0 amide bonds. The van der Waals surface area contributed by atoms with Gasteiger partial charge in [0.1, 0.15) is 0 Å². The zero-order valence-electron chi connectivity index (χ0n) is 7.62. The van der Waals surface area contributed by atoms with Crippen LogP contribution in [0.1, 0.15) is 17.3 Å². The second-order valence-corrected chi connectivity index (χ2v) is 2.86. The van der Waals surface area contributed by atoms with E-state index >= 15 is 0 Å². The number of hydrogen-bond donors (Lipinski definition) is 1. The molecule has 0 bridgehead atoms. The number of hydrogen-bond acceptors (Lipinski definition) is 3. The van der Waals surface area contributed by atoms with Gasteiger partial charge in [0.15, 0.2) is 0 Å². The Morgan fingerprint density at radius 2 is 2.21 bits per heavy atom. The van der Waals surface area contributed by atoms with E-state index in [0.717, 1.165) is 0 Å². The van der Waals surface area contributed by atoms with Gasteiger partial charge in [-0.05, 0) is 25.1 Å². The monoisotopic (exact) mass is 235 g/mol. The van der Waals surface area contributed by atoms with Crippen LogP contribution < -0.4 is 5.73 Å². The largest absolute Gasteiger partial charge is 0.462 e. The van der Waals surface area contributed by atoms with E-state index in [-0.39, 0.29) is 18.4 Å². The molecule has 0 unspecified atom stereocenters. The van der Waals surface area contributed by atoms with E-state index in [1.807, 2.05) is 0 Å². The minimum atomic E-state index is -0.385. The van der Waals surface area contributed by atoms with Crippen molar-refractivity contribution in [2.75, 3.05) is 12.3 Å². The average Bonchev–Trinajstić information content (AvgIpc) is 2.10. The topological polar surface area (TPSA) is 52.3 Å². The molecular weight excluding hydrogens is 225 g/mol. The Bertz CT molecular complexity index is 329. The van der Waals surface area contributed by atoms with Gasteiger partial charge in [0.2, 0.25) is 0 Å². The SMILES string of the molecule is CCOC(=O)c1ccc(N)c(Cl)c1.Cl. The van der Waals surface area contributed by atoms with Gasteiger partial charge in [-0.1, -0.05) is 11.6 Å². The lowest BCUT2D eigenvalue weighted by molar-refractivity contribution is 0.0526. The molecule has 78 valence electrons. The zero-order chi connectivity index (χ0) is 9.84. The highest BCUT2D eigenvalue weighted by Crippen LogP contribution is 2.19. The smallest absolute Gasteiger partial charge is 0.338 e. The summed E-state index contributed by atoms with van der Waals surface area (Å²) in [5, 5.41) is 0.366. The average molecular weight is 236 g/mol. The maximum atomic E-state index is 11.2. The van der Waals surface area contributed by atoms with Gasteiger partial charge in [0.25, 0.3) is 0 Å². The maximum absolute atomic E-state index is 11.2. The van der Waals surface area contributed by atoms with Crippen molar-refractivity contribution in [1.82, 2.24) is 0 Å². The van der Waals surface area contributed by atoms with Crippen molar-refractivity contribution in [3.8, 4) is 0 Å². The predicted molar refractivity (Wildman–Crippen MR) is 59.1 cm³/mol. The molecule has 0 radical (unpaired) electrons. The summed E-state index contributed by atoms with van der Waals surface area (Å²) in [6.07, 6.45) is 0. The standard InChI is InChI=1S/C9H10ClNO2.ClH/c1-2-13-9(12)6-3-4-8(11)7(10)5-6;/h3-5H,2,11H2,1H3;1H. The molecule has 1 aromatic rings. The molecule has 1 aromatic carbocycles. The van der Waals surface area contributed by atoms with Crippen LogP contribution in [0.15, 0.2) is 18.2 Å². The number of rotatable bonds is 2. The second kappa shape index (κ2) is 5.73. The fourth-order valence-corrected chi connectivity index (χ4v) is 1.05. The zero-order valence-corrected chi connectivity index (χ0v) is 9.19. The van der Waals surface area contributed by atoms with Crippen LogP contribution in [0.3, 0.4) is 0 Å². The predicted octanol–water partition coefficient (Wildman–Crippen LogP) is 2.52. The van der Waals surface area contributed by atoms with E-state index in [0.29, 0.717) is 22.9 Å². The summed E-state index contributed by atoms with van der Waals surface area (Å²) < 4.78 is 4.78. The third kappa shape index (κ3) is 3.09. The summed E-state index contributed by atoms with van der Waals surface area (Å²) >= 11 is 5.73. The number of benzene rings is 1. The first kappa shape index (κ1) is 13.1. The Kier molecular flexibility index (Phi) is 5.35. The Hall–Kier alpha value is -0.930. The van der Waals surface area contributed by atoms with E-state index in [2.05, 4.69) is 0 Å². The van der Waals surface area contributed by atoms with Gasteiger partial charge in [-0.15, -0.1) is 12.4 Å².